The molecule has 0 saturated carbocycles. The van der Waals surface area contributed by atoms with Crippen molar-refractivity contribution in [3.8, 4) is 44.6 Å². The molecule has 11 rings (SSSR count). The lowest BCUT2D eigenvalue weighted by Crippen LogP contribution is -1.87. The summed E-state index contributed by atoms with van der Waals surface area (Å²) in [5.74, 6) is 0. The van der Waals surface area contributed by atoms with Gasteiger partial charge in [0.1, 0.15) is 11.1 Å². The minimum Gasteiger partial charge on any atom is -0.436 e. The van der Waals surface area contributed by atoms with Gasteiger partial charge in [0.05, 0.1) is 11.9 Å². The summed E-state index contributed by atoms with van der Waals surface area (Å²) in [5, 5.41) is 6.22. The number of nitrogens with zero attached hydrogens (tertiary/aromatic N) is 2. The maximum atomic E-state index is 6.15. The molecule has 0 spiro atoms. The standard InChI is InChI=1S/C46H26N2OS2/c1-3-13-41-34(7-1)36-11-5-9-32(44(36)50-41)28-17-15-27(16-18-28)31-23-24-40-38(25-31)43-46(49-40)47-26-39(48-43)30-21-19-29(20-22-30)33-10-6-12-37-35-8-2-4-14-42(35)51-45(33)37/h1-26H. The Balaban J connectivity index is 0.932. The molecule has 0 fully saturated rings. The first kappa shape index (κ1) is 28.7. The SMILES string of the molecule is c1ccc2c(c1)sc1c(-c3ccc(-c4ccc5oc6ncc(-c7ccc(-c8cccc9c8sc8ccccc89)cc7)nc6c5c4)cc3)cccc12. The first-order valence-corrected chi connectivity index (χ1v) is 18.6. The zero-order valence-electron chi connectivity index (χ0n) is 27.1. The zero-order valence-corrected chi connectivity index (χ0v) is 28.8. The Kier molecular flexibility index (Phi) is 6.29. The maximum Gasteiger partial charge on any atom is 0.246 e. The molecule has 51 heavy (non-hydrogen) atoms. The first-order chi connectivity index (χ1) is 25.2. The average Bonchev–Trinajstić information content (AvgIpc) is 3.89. The predicted molar refractivity (Wildman–Crippen MR) is 217 cm³/mol. The molecule has 11 aromatic rings. The van der Waals surface area contributed by atoms with Gasteiger partial charge in [-0.1, -0.05) is 127 Å². The zero-order chi connectivity index (χ0) is 33.5. The molecule has 5 heteroatoms. The Morgan fingerprint density at radius 3 is 1.59 bits per heavy atom. The molecule has 7 aromatic carbocycles. The Labute approximate surface area is 300 Å². The largest absolute Gasteiger partial charge is 0.436 e. The minimum atomic E-state index is 0.547. The van der Waals surface area contributed by atoms with Gasteiger partial charge in [-0.05, 0) is 57.6 Å². The van der Waals surface area contributed by atoms with Crippen molar-refractivity contribution >= 4 is 85.2 Å². The molecular weight excluding hydrogens is 661 g/mol. The molecule has 0 radical (unpaired) electrons. The molecule has 4 heterocycles. The van der Waals surface area contributed by atoms with Crippen molar-refractivity contribution in [3.05, 3.63) is 158 Å². The molecule has 0 aliphatic carbocycles. The topological polar surface area (TPSA) is 38.9 Å². The van der Waals surface area contributed by atoms with Crippen molar-refractivity contribution in [2.75, 3.05) is 0 Å². The van der Waals surface area contributed by atoms with Crippen LogP contribution in [0.25, 0.3) is 107 Å². The van der Waals surface area contributed by atoms with Gasteiger partial charge >= 0.3 is 0 Å². The minimum absolute atomic E-state index is 0.547. The summed E-state index contributed by atoms with van der Waals surface area (Å²) in [7, 11) is 0. The van der Waals surface area contributed by atoms with E-state index in [0.717, 1.165) is 38.9 Å². The van der Waals surface area contributed by atoms with Crippen molar-refractivity contribution in [2.24, 2.45) is 0 Å². The summed E-state index contributed by atoms with van der Waals surface area (Å²) in [6.45, 7) is 0. The van der Waals surface area contributed by atoms with Gasteiger partial charge in [-0.2, -0.15) is 0 Å². The number of thiophene rings is 2. The van der Waals surface area contributed by atoms with Crippen LogP contribution >= 0.6 is 22.7 Å². The van der Waals surface area contributed by atoms with E-state index < -0.39 is 0 Å². The second kappa shape index (κ2) is 11.2. The molecule has 3 nitrogen and oxygen atoms in total. The van der Waals surface area contributed by atoms with Crippen molar-refractivity contribution in [1.82, 2.24) is 9.97 Å². The highest BCUT2D eigenvalue weighted by atomic mass is 32.1. The van der Waals surface area contributed by atoms with Crippen LogP contribution in [-0.4, -0.2) is 9.97 Å². The van der Waals surface area contributed by atoms with Gasteiger partial charge in [0.15, 0.2) is 0 Å². The second-order valence-electron chi connectivity index (χ2n) is 12.9. The molecule has 0 aliphatic heterocycles. The van der Waals surface area contributed by atoms with Crippen molar-refractivity contribution in [3.63, 3.8) is 0 Å². The summed E-state index contributed by atoms with van der Waals surface area (Å²) in [6, 6.07) is 54.4. The Bertz CT molecular complexity index is 2920. The molecule has 0 unspecified atom stereocenters. The van der Waals surface area contributed by atoms with Crippen molar-refractivity contribution in [1.29, 1.82) is 0 Å². The van der Waals surface area contributed by atoms with E-state index >= 15 is 0 Å². The number of aromatic nitrogens is 2. The van der Waals surface area contributed by atoms with Gasteiger partial charge in [-0.3, -0.25) is 0 Å². The molecule has 0 aliphatic rings. The Morgan fingerprint density at radius 2 is 0.961 bits per heavy atom. The fraction of sp³-hybridized carbons (Fsp3) is 0. The van der Waals surface area contributed by atoms with Crippen LogP contribution in [-0.2, 0) is 0 Å². The molecule has 0 N–H and O–H groups in total. The van der Waals surface area contributed by atoms with Gasteiger partial charge in [0.2, 0.25) is 5.71 Å². The number of fused-ring (bicyclic) bond motifs is 9. The van der Waals surface area contributed by atoms with E-state index in [2.05, 4.69) is 146 Å². The van der Waals surface area contributed by atoms with E-state index in [0.29, 0.717) is 5.71 Å². The molecule has 0 bridgehead atoms. The summed E-state index contributed by atoms with van der Waals surface area (Å²) < 4.78 is 11.4. The molecule has 0 atom stereocenters. The van der Waals surface area contributed by atoms with E-state index in [4.69, 9.17) is 14.4 Å². The van der Waals surface area contributed by atoms with E-state index in [1.54, 1.807) is 0 Å². The van der Waals surface area contributed by atoms with Crippen LogP contribution in [0.1, 0.15) is 0 Å². The van der Waals surface area contributed by atoms with Crippen molar-refractivity contribution < 1.29 is 4.42 Å². The average molecular weight is 687 g/mol. The quantitative estimate of drug-likeness (QED) is 0.185. The van der Waals surface area contributed by atoms with Gasteiger partial charge < -0.3 is 4.42 Å². The second-order valence-corrected chi connectivity index (χ2v) is 15.0. The maximum absolute atomic E-state index is 6.15. The van der Waals surface area contributed by atoms with Gasteiger partial charge in [-0.15, -0.1) is 22.7 Å². The van der Waals surface area contributed by atoms with Gasteiger partial charge in [-0.25, -0.2) is 9.97 Å². The highest BCUT2D eigenvalue weighted by Crippen LogP contribution is 2.42. The monoisotopic (exact) mass is 686 g/mol. The summed E-state index contributed by atoms with van der Waals surface area (Å²) in [5.41, 5.74) is 11.1. The third kappa shape index (κ3) is 4.56. The molecule has 0 amide bonds. The third-order valence-corrected chi connectivity index (χ3v) is 12.4. The molecule has 238 valence electrons. The lowest BCUT2D eigenvalue weighted by molar-refractivity contribution is 0.653. The molecule has 4 aromatic heterocycles. The van der Waals surface area contributed by atoms with Crippen LogP contribution < -0.4 is 0 Å². The van der Waals surface area contributed by atoms with Gasteiger partial charge in [0, 0.05) is 51.3 Å². The van der Waals surface area contributed by atoms with E-state index in [9.17, 15) is 0 Å². The number of rotatable bonds is 4. The number of benzene rings is 7. The molecule has 0 saturated heterocycles. The van der Waals surface area contributed by atoms with Crippen LogP contribution in [0.4, 0.5) is 0 Å². The predicted octanol–water partition coefficient (Wildman–Crippen LogP) is 13.8. The third-order valence-electron chi connectivity index (χ3n) is 10.0. The van der Waals surface area contributed by atoms with Crippen molar-refractivity contribution in [2.45, 2.75) is 0 Å². The Morgan fingerprint density at radius 1 is 0.431 bits per heavy atom. The summed E-state index contributed by atoms with van der Waals surface area (Å²) in [6.07, 6.45) is 1.81. The fourth-order valence-electron chi connectivity index (χ4n) is 7.47. The van der Waals surface area contributed by atoms with Crippen LogP contribution in [0, 0.1) is 0 Å². The van der Waals surface area contributed by atoms with Crippen LogP contribution in [0.5, 0.6) is 0 Å². The highest BCUT2D eigenvalue weighted by Gasteiger charge is 2.15. The van der Waals surface area contributed by atoms with Gasteiger partial charge in [0.25, 0.3) is 0 Å². The van der Waals surface area contributed by atoms with Crippen LogP contribution in [0.15, 0.2) is 162 Å². The summed E-state index contributed by atoms with van der Waals surface area (Å²) >= 11 is 3.72. The molecular formula is C46H26N2OS2. The van der Waals surface area contributed by atoms with E-state index in [-0.39, 0.29) is 0 Å². The van der Waals surface area contributed by atoms with E-state index in [1.807, 2.05) is 34.9 Å². The van der Waals surface area contributed by atoms with E-state index in [1.165, 1.54) is 62.6 Å². The highest BCUT2D eigenvalue weighted by molar-refractivity contribution is 7.26. The number of hydrogen-bond donors (Lipinski definition) is 0. The lowest BCUT2D eigenvalue weighted by Gasteiger charge is -2.07. The lowest BCUT2D eigenvalue weighted by atomic mass is 9.98. The van der Waals surface area contributed by atoms with Crippen LogP contribution in [0.3, 0.4) is 0 Å². The Hall–Kier alpha value is -6.14. The smallest absolute Gasteiger partial charge is 0.246 e. The first-order valence-electron chi connectivity index (χ1n) is 17.0. The number of hydrogen-bond acceptors (Lipinski definition) is 5. The number of furan rings is 1. The van der Waals surface area contributed by atoms with Crippen LogP contribution in [0.2, 0.25) is 0 Å². The summed E-state index contributed by atoms with van der Waals surface area (Å²) in [4.78, 5) is 9.80. The normalized spacial score (nSPS) is 11.9. The fourth-order valence-corrected chi connectivity index (χ4v) is 9.94.